The summed E-state index contributed by atoms with van der Waals surface area (Å²) in [7, 11) is 3.22. The normalized spacial score (nSPS) is 12.0. The van der Waals surface area contributed by atoms with E-state index in [1.807, 2.05) is 6.92 Å². The summed E-state index contributed by atoms with van der Waals surface area (Å²) in [6.45, 7) is 4.32. The number of carbonyl (C=O) groups is 2. The van der Waals surface area contributed by atoms with Crippen molar-refractivity contribution >= 4 is 12.0 Å². The molecular weight excluding hydrogens is 236 g/mol. The van der Waals surface area contributed by atoms with Crippen molar-refractivity contribution in [3.05, 3.63) is 0 Å². The Balaban J connectivity index is 4.55. The quantitative estimate of drug-likeness (QED) is 0.713. The number of aliphatic carboxylic acids is 1. The third kappa shape index (κ3) is 5.86. The van der Waals surface area contributed by atoms with E-state index in [1.54, 1.807) is 11.9 Å². The zero-order valence-corrected chi connectivity index (χ0v) is 11.7. The summed E-state index contributed by atoms with van der Waals surface area (Å²) in [5.41, 5.74) is 0. The minimum atomic E-state index is -1.02. The van der Waals surface area contributed by atoms with Gasteiger partial charge in [0.25, 0.3) is 0 Å². The molecule has 1 atom stereocenters. The molecule has 0 rings (SSSR count). The van der Waals surface area contributed by atoms with Crippen LogP contribution in [0.3, 0.4) is 0 Å². The van der Waals surface area contributed by atoms with Gasteiger partial charge in [-0.3, -0.25) is 4.79 Å². The van der Waals surface area contributed by atoms with Crippen molar-refractivity contribution in [1.29, 1.82) is 0 Å². The average molecular weight is 260 g/mol. The number of amides is 2. The van der Waals surface area contributed by atoms with Crippen molar-refractivity contribution < 1.29 is 19.4 Å². The predicted octanol–water partition coefficient (Wildman–Crippen LogP) is 1.26. The number of hydrogen-bond acceptors (Lipinski definition) is 3. The number of nitrogens with zero attached hydrogens (tertiary/aromatic N) is 2. The van der Waals surface area contributed by atoms with E-state index in [-0.39, 0.29) is 25.2 Å². The molecule has 0 aliphatic carbocycles. The first-order chi connectivity index (χ1) is 8.43. The van der Waals surface area contributed by atoms with Crippen molar-refractivity contribution in [1.82, 2.24) is 9.80 Å². The number of carbonyl (C=O) groups excluding carboxylic acids is 1. The zero-order chi connectivity index (χ0) is 14.1. The van der Waals surface area contributed by atoms with E-state index >= 15 is 0 Å². The molecule has 18 heavy (non-hydrogen) atoms. The zero-order valence-electron chi connectivity index (χ0n) is 11.7. The molecule has 0 bridgehead atoms. The lowest BCUT2D eigenvalue weighted by molar-refractivity contribution is -0.137. The Bertz CT molecular complexity index is 271. The highest BCUT2D eigenvalue weighted by atomic mass is 16.5. The Morgan fingerprint density at radius 1 is 1.39 bits per heavy atom. The molecule has 6 nitrogen and oxygen atoms in total. The Hall–Kier alpha value is -1.30. The molecule has 0 aliphatic heterocycles. The molecule has 0 spiro atoms. The van der Waals surface area contributed by atoms with Gasteiger partial charge in [-0.25, -0.2) is 4.79 Å². The average Bonchev–Trinajstić information content (AvgIpc) is 2.32. The monoisotopic (exact) mass is 260 g/mol. The maximum absolute atomic E-state index is 12.1. The fraction of sp³-hybridized carbons (Fsp3) is 0.833. The summed E-state index contributed by atoms with van der Waals surface area (Å²) in [6, 6.07) is -0.170. The predicted molar refractivity (Wildman–Crippen MR) is 68.6 cm³/mol. The van der Waals surface area contributed by atoms with Crippen LogP contribution in [0.4, 0.5) is 4.79 Å². The third-order valence-corrected chi connectivity index (χ3v) is 2.83. The number of rotatable bonds is 8. The van der Waals surface area contributed by atoms with Gasteiger partial charge in [-0.15, -0.1) is 0 Å². The lowest BCUT2D eigenvalue weighted by atomic mass is 10.2. The molecule has 0 radical (unpaired) electrons. The molecule has 0 fully saturated rings. The largest absolute Gasteiger partial charge is 0.480 e. The van der Waals surface area contributed by atoms with Gasteiger partial charge in [0.15, 0.2) is 0 Å². The van der Waals surface area contributed by atoms with Gasteiger partial charge in [0.1, 0.15) is 6.54 Å². The SMILES string of the molecule is CCCC(C)N(C)C(=O)N(CCOC)CC(=O)O. The van der Waals surface area contributed by atoms with Crippen molar-refractivity contribution in [2.24, 2.45) is 0 Å². The lowest BCUT2D eigenvalue weighted by Gasteiger charge is -2.31. The first-order valence-electron chi connectivity index (χ1n) is 6.16. The number of hydrogen-bond donors (Lipinski definition) is 1. The lowest BCUT2D eigenvalue weighted by Crippen LogP contribution is -2.48. The molecule has 106 valence electrons. The highest BCUT2D eigenvalue weighted by Crippen LogP contribution is 2.07. The molecule has 0 aromatic rings. The fourth-order valence-corrected chi connectivity index (χ4v) is 1.63. The number of urea groups is 1. The van der Waals surface area contributed by atoms with Gasteiger partial charge in [-0.2, -0.15) is 0 Å². The molecule has 0 saturated carbocycles. The van der Waals surface area contributed by atoms with Crippen LogP contribution in [0.5, 0.6) is 0 Å². The van der Waals surface area contributed by atoms with Gasteiger partial charge in [0.2, 0.25) is 0 Å². The molecule has 1 N–H and O–H groups in total. The highest BCUT2D eigenvalue weighted by molar-refractivity contribution is 5.80. The second kappa shape index (κ2) is 8.74. The summed E-state index contributed by atoms with van der Waals surface area (Å²) in [5, 5.41) is 8.80. The molecule has 0 aliphatic rings. The molecule has 0 heterocycles. The van der Waals surface area contributed by atoms with Crippen LogP contribution in [-0.4, -0.2) is 66.8 Å². The Labute approximate surface area is 109 Å². The first-order valence-corrected chi connectivity index (χ1v) is 6.16. The van der Waals surface area contributed by atoms with Gasteiger partial charge in [0, 0.05) is 26.7 Å². The van der Waals surface area contributed by atoms with E-state index in [4.69, 9.17) is 9.84 Å². The van der Waals surface area contributed by atoms with Crippen LogP contribution in [0.15, 0.2) is 0 Å². The van der Waals surface area contributed by atoms with Gasteiger partial charge in [0.05, 0.1) is 6.61 Å². The molecule has 1 unspecified atom stereocenters. The molecule has 0 aromatic carbocycles. The van der Waals surface area contributed by atoms with E-state index < -0.39 is 5.97 Å². The highest BCUT2D eigenvalue weighted by Gasteiger charge is 2.23. The maximum atomic E-state index is 12.1. The summed E-state index contributed by atoms with van der Waals surface area (Å²) < 4.78 is 4.89. The van der Waals surface area contributed by atoms with E-state index in [9.17, 15) is 9.59 Å². The molecule has 6 heteroatoms. The van der Waals surface area contributed by atoms with Crippen LogP contribution < -0.4 is 0 Å². The van der Waals surface area contributed by atoms with E-state index in [2.05, 4.69) is 6.92 Å². The van der Waals surface area contributed by atoms with E-state index in [0.717, 1.165) is 12.8 Å². The van der Waals surface area contributed by atoms with Crippen LogP contribution in [0, 0.1) is 0 Å². The van der Waals surface area contributed by atoms with Gasteiger partial charge in [-0.1, -0.05) is 13.3 Å². The topological polar surface area (TPSA) is 70.1 Å². The fourth-order valence-electron chi connectivity index (χ4n) is 1.63. The van der Waals surface area contributed by atoms with Gasteiger partial charge >= 0.3 is 12.0 Å². The summed E-state index contributed by atoms with van der Waals surface area (Å²) >= 11 is 0. The molecule has 0 saturated heterocycles. The van der Waals surface area contributed by atoms with Crippen LogP contribution >= 0.6 is 0 Å². The van der Waals surface area contributed by atoms with Crippen LogP contribution in [-0.2, 0) is 9.53 Å². The third-order valence-electron chi connectivity index (χ3n) is 2.83. The van der Waals surface area contributed by atoms with Crippen LogP contribution in [0.1, 0.15) is 26.7 Å². The summed E-state index contributed by atoms with van der Waals surface area (Å²) in [4.78, 5) is 25.8. The smallest absolute Gasteiger partial charge is 0.323 e. The molecule has 2 amide bonds. The first kappa shape index (κ1) is 16.7. The van der Waals surface area contributed by atoms with Crippen LogP contribution in [0.2, 0.25) is 0 Å². The maximum Gasteiger partial charge on any atom is 0.323 e. The minimum absolute atomic E-state index is 0.0985. The number of carboxylic acids is 1. The van der Waals surface area contributed by atoms with E-state index in [0.29, 0.717) is 6.61 Å². The number of ether oxygens (including phenoxy) is 1. The van der Waals surface area contributed by atoms with Crippen LogP contribution in [0.25, 0.3) is 0 Å². The van der Waals surface area contributed by atoms with Crippen molar-refractivity contribution in [3.63, 3.8) is 0 Å². The summed E-state index contributed by atoms with van der Waals surface area (Å²) in [6.07, 6.45) is 1.88. The second-order valence-electron chi connectivity index (χ2n) is 4.34. The second-order valence-corrected chi connectivity index (χ2v) is 4.34. The molecular formula is C12H24N2O4. The number of carboxylic acid groups (broad SMARTS) is 1. The Morgan fingerprint density at radius 3 is 2.44 bits per heavy atom. The van der Waals surface area contributed by atoms with Crippen molar-refractivity contribution in [2.45, 2.75) is 32.7 Å². The Kier molecular flexibility index (Phi) is 8.11. The molecule has 0 aromatic heterocycles. The number of methoxy groups -OCH3 is 1. The van der Waals surface area contributed by atoms with Gasteiger partial charge in [-0.05, 0) is 13.3 Å². The Morgan fingerprint density at radius 2 is 2.00 bits per heavy atom. The van der Waals surface area contributed by atoms with Gasteiger partial charge < -0.3 is 19.6 Å². The van der Waals surface area contributed by atoms with Crippen molar-refractivity contribution in [3.8, 4) is 0 Å². The standard InChI is InChI=1S/C12H24N2O4/c1-5-6-10(2)13(3)12(17)14(7-8-18-4)9-11(15)16/h10H,5-9H2,1-4H3,(H,15,16). The van der Waals surface area contributed by atoms with E-state index in [1.165, 1.54) is 12.0 Å². The van der Waals surface area contributed by atoms with Crippen molar-refractivity contribution in [2.75, 3.05) is 33.9 Å². The minimum Gasteiger partial charge on any atom is -0.480 e. The summed E-state index contributed by atoms with van der Waals surface area (Å²) in [5.74, 6) is -1.02.